The summed E-state index contributed by atoms with van der Waals surface area (Å²) in [4.78, 5) is 4.16. The quantitative estimate of drug-likeness (QED) is 0.667. The van der Waals surface area contributed by atoms with Crippen molar-refractivity contribution < 1.29 is 0 Å². The van der Waals surface area contributed by atoms with Gasteiger partial charge in [-0.15, -0.1) is 6.42 Å². The molecule has 0 bridgehead atoms. The van der Waals surface area contributed by atoms with Gasteiger partial charge in [-0.05, 0) is 25.5 Å². The van der Waals surface area contributed by atoms with Crippen molar-refractivity contribution in [2.75, 3.05) is 5.32 Å². The van der Waals surface area contributed by atoms with Crippen LogP contribution < -0.4 is 5.32 Å². The summed E-state index contributed by atoms with van der Waals surface area (Å²) < 4.78 is 0. The van der Waals surface area contributed by atoms with Gasteiger partial charge in [0.25, 0.3) is 0 Å². The average molecular weight is 160 g/mol. The maximum Gasteiger partial charge on any atom is 0.126 e. The molecule has 0 amide bonds. The van der Waals surface area contributed by atoms with E-state index in [1.54, 1.807) is 0 Å². The second-order valence-electron chi connectivity index (χ2n) is 2.75. The Morgan fingerprint density at radius 3 is 2.83 bits per heavy atom. The van der Waals surface area contributed by atoms with E-state index < -0.39 is 0 Å². The Morgan fingerprint density at radius 2 is 2.33 bits per heavy atom. The number of nitrogens with one attached hydrogen (secondary N) is 1. The van der Waals surface area contributed by atoms with Crippen molar-refractivity contribution in [1.29, 1.82) is 0 Å². The Labute approximate surface area is 73.0 Å². The van der Waals surface area contributed by atoms with Gasteiger partial charge in [-0.2, -0.15) is 0 Å². The average Bonchev–Trinajstić information content (AvgIpc) is 2.09. The van der Waals surface area contributed by atoms with Crippen LogP contribution in [0.15, 0.2) is 18.3 Å². The SMILES string of the molecule is C#CC(C)Nc1ccc(C)cn1. The molecular weight excluding hydrogens is 148 g/mol. The number of aryl methyl sites for hydroxylation is 1. The van der Waals surface area contributed by atoms with Gasteiger partial charge in [-0.1, -0.05) is 12.0 Å². The van der Waals surface area contributed by atoms with Crippen LogP contribution in [-0.4, -0.2) is 11.0 Å². The first-order valence-electron chi connectivity index (χ1n) is 3.87. The maximum absolute atomic E-state index is 5.21. The number of pyridine rings is 1. The second kappa shape index (κ2) is 3.77. The summed E-state index contributed by atoms with van der Waals surface area (Å²) in [6.45, 7) is 3.92. The number of hydrogen-bond donors (Lipinski definition) is 1. The molecule has 1 aromatic heterocycles. The summed E-state index contributed by atoms with van der Waals surface area (Å²) in [7, 11) is 0. The highest BCUT2D eigenvalue weighted by Gasteiger charge is 1.96. The zero-order valence-corrected chi connectivity index (χ0v) is 7.33. The van der Waals surface area contributed by atoms with Crippen molar-refractivity contribution >= 4 is 5.82 Å². The van der Waals surface area contributed by atoms with Crippen LogP contribution in [0.1, 0.15) is 12.5 Å². The Kier molecular flexibility index (Phi) is 2.71. The van der Waals surface area contributed by atoms with Gasteiger partial charge in [-0.25, -0.2) is 4.98 Å². The normalized spacial score (nSPS) is 11.8. The minimum absolute atomic E-state index is 0.0280. The number of terminal acetylenes is 1. The Balaban J connectivity index is 2.66. The van der Waals surface area contributed by atoms with Gasteiger partial charge < -0.3 is 5.32 Å². The number of hydrogen-bond acceptors (Lipinski definition) is 2. The lowest BCUT2D eigenvalue weighted by Crippen LogP contribution is -2.12. The van der Waals surface area contributed by atoms with E-state index in [1.807, 2.05) is 32.2 Å². The van der Waals surface area contributed by atoms with Crippen LogP contribution in [0.4, 0.5) is 5.82 Å². The number of rotatable bonds is 2. The fourth-order valence-electron chi connectivity index (χ4n) is 0.817. The van der Waals surface area contributed by atoms with Crippen LogP contribution in [0.25, 0.3) is 0 Å². The van der Waals surface area contributed by atoms with Crippen molar-refractivity contribution in [1.82, 2.24) is 4.98 Å². The van der Waals surface area contributed by atoms with Crippen molar-refractivity contribution in [3.63, 3.8) is 0 Å². The van der Waals surface area contributed by atoms with E-state index in [4.69, 9.17) is 6.42 Å². The highest BCUT2D eigenvalue weighted by molar-refractivity contribution is 5.38. The minimum atomic E-state index is 0.0280. The summed E-state index contributed by atoms with van der Waals surface area (Å²) in [6.07, 6.45) is 7.02. The molecule has 12 heavy (non-hydrogen) atoms. The van der Waals surface area contributed by atoms with Crippen molar-refractivity contribution in [3.8, 4) is 12.3 Å². The zero-order chi connectivity index (χ0) is 8.97. The summed E-state index contributed by atoms with van der Waals surface area (Å²) in [5.74, 6) is 3.40. The standard InChI is InChI=1S/C10H12N2/c1-4-9(3)12-10-6-5-8(2)7-11-10/h1,5-7,9H,2-3H3,(H,11,12). The molecule has 0 aliphatic rings. The molecule has 1 rings (SSSR count). The Bertz CT molecular complexity index is 282. The third kappa shape index (κ3) is 2.28. The third-order valence-corrected chi connectivity index (χ3v) is 1.53. The topological polar surface area (TPSA) is 24.9 Å². The predicted octanol–water partition coefficient (Wildman–Crippen LogP) is 1.82. The maximum atomic E-state index is 5.21. The molecule has 2 nitrogen and oxygen atoms in total. The van der Waals surface area contributed by atoms with Gasteiger partial charge in [0.05, 0.1) is 6.04 Å². The number of nitrogens with zero attached hydrogens (tertiary/aromatic N) is 1. The molecule has 1 unspecified atom stereocenters. The fraction of sp³-hybridized carbons (Fsp3) is 0.300. The highest BCUT2D eigenvalue weighted by atomic mass is 15.0. The molecule has 0 fully saturated rings. The lowest BCUT2D eigenvalue weighted by atomic mass is 10.3. The summed E-state index contributed by atoms with van der Waals surface area (Å²) in [6, 6.07) is 3.95. The van der Waals surface area contributed by atoms with E-state index in [0.717, 1.165) is 11.4 Å². The van der Waals surface area contributed by atoms with E-state index in [1.165, 1.54) is 0 Å². The van der Waals surface area contributed by atoms with Gasteiger partial charge in [0, 0.05) is 6.20 Å². The van der Waals surface area contributed by atoms with Crippen molar-refractivity contribution in [2.24, 2.45) is 0 Å². The van der Waals surface area contributed by atoms with Gasteiger partial charge >= 0.3 is 0 Å². The molecular formula is C10H12N2. The molecule has 2 heteroatoms. The fourth-order valence-corrected chi connectivity index (χ4v) is 0.817. The largest absolute Gasteiger partial charge is 0.357 e. The molecule has 0 radical (unpaired) electrons. The van der Waals surface area contributed by atoms with E-state index in [0.29, 0.717) is 0 Å². The van der Waals surface area contributed by atoms with E-state index in [2.05, 4.69) is 16.2 Å². The molecule has 0 aliphatic heterocycles. The van der Waals surface area contributed by atoms with Crippen LogP contribution in [0.5, 0.6) is 0 Å². The van der Waals surface area contributed by atoms with Gasteiger partial charge in [-0.3, -0.25) is 0 Å². The smallest absolute Gasteiger partial charge is 0.126 e. The molecule has 0 aromatic carbocycles. The van der Waals surface area contributed by atoms with Crippen LogP contribution in [0.3, 0.4) is 0 Å². The lowest BCUT2D eigenvalue weighted by Gasteiger charge is -2.07. The molecule has 0 saturated heterocycles. The number of aromatic nitrogens is 1. The zero-order valence-electron chi connectivity index (χ0n) is 7.33. The van der Waals surface area contributed by atoms with Crippen LogP contribution in [-0.2, 0) is 0 Å². The van der Waals surface area contributed by atoms with Crippen LogP contribution in [0.2, 0.25) is 0 Å². The minimum Gasteiger partial charge on any atom is -0.357 e. The monoisotopic (exact) mass is 160 g/mol. The molecule has 1 N–H and O–H groups in total. The van der Waals surface area contributed by atoms with Gasteiger partial charge in [0.1, 0.15) is 5.82 Å². The Morgan fingerprint density at radius 1 is 1.58 bits per heavy atom. The molecule has 0 aliphatic carbocycles. The molecule has 0 spiro atoms. The molecule has 62 valence electrons. The summed E-state index contributed by atoms with van der Waals surface area (Å²) in [5, 5.41) is 3.07. The van der Waals surface area contributed by atoms with E-state index >= 15 is 0 Å². The molecule has 1 atom stereocenters. The first kappa shape index (κ1) is 8.61. The van der Waals surface area contributed by atoms with Crippen molar-refractivity contribution in [3.05, 3.63) is 23.9 Å². The first-order valence-corrected chi connectivity index (χ1v) is 3.87. The van der Waals surface area contributed by atoms with Gasteiger partial charge in [0.2, 0.25) is 0 Å². The lowest BCUT2D eigenvalue weighted by molar-refractivity contribution is 1.01. The highest BCUT2D eigenvalue weighted by Crippen LogP contribution is 2.04. The van der Waals surface area contributed by atoms with Gasteiger partial charge in [0.15, 0.2) is 0 Å². The van der Waals surface area contributed by atoms with Crippen LogP contribution >= 0.6 is 0 Å². The van der Waals surface area contributed by atoms with E-state index in [-0.39, 0.29) is 6.04 Å². The Hall–Kier alpha value is -1.49. The second-order valence-corrected chi connectivity index (χ2v) is 2.75. The molecule has 1 aromatic rings. The van der Waals surface area contributed by atoms with Crippen molar-refractivity contribution in [2.45, 2.75) is 19.9 Å². The summed E-state index contributed by atoms with van der Waals surface area (Å²) >= 11 is 0. The molecule has 1 heterocycles. The summed E-state index contributed by atoms with van der Waals surface area (Å²) in [5.41, 5.74) is 1.15. The van der Waals surface area contributed by atoms with E-state index in [9.17, 15) is 0 Å². The predicted molar refractivity (Wildman–Crippen MR) is 50.9 cm³/mol. The number of anilines is 1. The third-order valence-electron chi connectivity index (χ3n) is 1.53. The van der Waals surface area contributed by atoms with Crippen LogP contribution in [0, 0.1) is 19.3 Å². The molecule has 0 saturated carbocycles. The first-order chi connectivity index (χ1) is 5.72.